The summed E-state index contributed by atoms with van der Waals surface area (Å²) < 4.78 is 6.31. The van der Waals surface area contributed by atoms with Crippen molar-refractivity contribution in [3.63, 3.8) is 0 Å². The molecule has 0 aliphatic heterocycles. The van der Waals surface area contributed by atoms with Gasteiger partial charge in [0.2, 0.25) is 0 Å². The normalized spacial score (nSPS) is 38.1. The van der Waals surface area contributed by atoms with Gasteiger partial charge >= 0.3 is 5.97 Å². The first-order valence-corrected chi connectivity index (χ1v) is 22.1. The number of ether oxygens (including phenoxy) is 1. The first-order valence-electron chi connectivity index (χ1n) is 22.1. The van der Waals surface area contributed by atoms with E-state index in [1.807, 2.05) is 0 Å². The smallest absolute Gasteiger partial charge is 0.306 e. The van der Waals surface area contributed by atoms with E-state index in [4.69, 9.17) is 4.74 Å². The van der Waals surface area contributed by atoms with E-state index in [-0.39, 0.29) is 12.1 Å². The minimum absolute atomic E-state index is 0.0757. The van der Waals surface area contributed by atoms with Gasteiger partial charge < -0.3 is 4.74 Å². The first kappa shape index (κ1) is 39.9. The molecule has 50 heavy (non-hydrogen) atoms. The summed E-state index contributed by atoms with van der Waals surface area (Å²) in [6, 6.07) is 0. The number of esters is 1. The fraction of sp³-hybridized carbons (Fsp3) is 0.854. The summed E-state index contributed by atoms with van der Waals surface area (Å²) in [7, 11) is 0. The van der Waals surface area contributed by atoms with E-state index in [9.17, 15) is 4.79 Å². The van der Waals surface area contributed by atoms with Crippen LogP contribution in [0.3, 0.4) is 0 Å². The van der Waals surface area contributed by atoms with Crippen LogP contribution in [-0.2, 0) is 9.53 Å². The third kappa shape index (κ3) is 7.96. The van der Waals surface area contributed by atoms with Crippen molar-refractivity contribution in [3.8, 4) is 0 Å². The molecule has 0 N–H and O–H groups in total. The van der Waals surface area contributed by atoms with Crippen LogP contribution in [0.4, 0.5) is 0 Å². The predicted molar refractivity (Wildman–Crippen MR) is 214 cm³/mol. The lowest BCUT2D eigenvalue weighted by atomic mass is 9.43. The van der Waals surface area contributed by atoms with Gasteiger partial charge in [-0.2, -0.15) is 0 Å². The van der Waals surface area contributed by atoms with Crippen molar-refractivity contribution >= 4 is 5.97 Å². The Morgan fingerprint density at radius 2 is 1.48 bits per heavy atom. The van der Waals surface area contributed by atoms with Crippen LogP contribution in [0.25, 0.3) is 0 Å². The summed E-state index contributed by atoms with van der Waals surface area (Å²) >= 11 is 0. The summed E-state index contributed by atoms with van der Waals surface area (Å²) in [6.07, 6.45) is 38.4. The second-order valence-electron chi connectivity index (χ2n) is 19.4. The number of carbonyl (C=O) groups excluding carboxylic acids is 1. The fourth-order valence-corrected chi connectivity index (χ4v) is 13.3. The highest BCUT2D eigenvalue weighted by Crippen LogP contribution is 2.88. The van der Waals surface area contributed by atoms with Crippen molar-refractivity contribution < 1.29 is 9.53 Å². The minimum atomic E-state index is 0.0757. The van der Waals surface area contributed by atoms with Gasteiger partial charge in [0.15, 0.2) is 0 Å². The number of carbonyl (C=O) groups is 1. The average molecular weight is 689 g/mol. The van der Waals surface area contributed by atoms with Crippen LogP contribution < -0.4 is 0 Å². The Hall–Kier alpha value is -1.31. The molecule has 10 atom stereocenters. The molecule has 0 aromatic carbocycles. The molecular weight excluding hydrogens is 609 g/mol. The van der Waals surface area contributed by atoms with Crippen LogP contribution in [0.2, 0.25) is 0 Å². The minimum Gasteiger partial charge on any atom is -0.462 e. The maximum absolute atomic E-state index is 13.0. The van der Waals surface area contributed by atoms with Crippen LogP contribution in [0.1, 0.15) is 196 Å². The first-order chi connectivity index (χ1) is 24.0. The zero-order valence-electron chi connectivity index (χ0n) is 34.1. The lowest BCUT2D eigenvalue weighted by molar-refractivity contribution is -0.167. The fourth-order valence-electron chi connectivity index (χ4n) is 13.3. The van der Waals surface area contributed by atoms with Gasteiger partial charge in [-0.15, -0.1) is 0 Å². The van der Waals surface area contributed by atoms with Crippen molar-refractivity contribution in [2.45, 2.75) is 202 Å². The van der Waals surface area contributed by atoms with Gasteiger partial charge in [-0.05, 0) is 166 Å². The van der Waals surface area contributed by atoms with Gasteiger partial charge in [0, 0.05) is 6.42 Å². The highest BCUT2D eigenvalue weighted by atomic mass is 16.5. The van der Waals surface area contributed by atoms with Crippen LogP contribution in [-0.4, -0.2) is 12.1 Å². The molecule has 2 heteroatoms. The second-order valence-corrected chi connectivity index (χ2v) is 19.4. The van der Waals surface area contributed by atoms with Crippen molar-refractivity contribution in [1.29, 1.82) is 0 Å². The van der Waals surface area contributed by atoms with Crippen molar-refractivity contribution in [1.82, 2.24) is 0 Å². The predicted octanol–water partition coefficient (Wildman–Crippen LogP) is 14.4. The number of unbranched alkanes of at least 4 members (excludes halogenated alkanes) is 8. The number of hydrogen-bond acceptors (Lipinski definition) is 2. The van der Waals surface area contributed by atoms with Crippen molar-refractivity contribution in [2.24, 2.45) is 57.2 Å². The zero-order chi connectivity index (χ0) is 36.0. The highest BCUT2D eigenvalue weighted by molar-refractivity contribution is 5.69. The van der Waals surface area contributed by atoms with Gasteiger partial charge in [-0.1, -0.05) is 117 Å². The Kier molecular flexibility index (Phi) is 13.7. The largest absolute Gasteiger partial charge is 0.462 e. The number of fused-ring (bicyclic) bond motifs is 2. The van der Waals surface area contributed by atoms with Gasteiger partial charge in [0.05, 0.1) is 0 Å². The van der Waals surface area contributed by atoms with E-state index < -0.39 is 0 Å². The van der Waals surface area contributed by atoms with Crippen LogP contribution in [0.5, 0.6) is 0 Å². The third-order valence-electron chi connectivity index (χ3n) is 16.7. The topological polar surface area (TPSA) is 26.3 Å². The maximum atomic E-state index is 13.0. The Morgan fingerprint density at radius 3 is 2.20 bits per heavy atom. The Balaban J connectivity index is 1.02. The summed E-state index contributed by atoms with van der Waals surface area (Å²) in [5, 5.41) is 0. The van der Waals surface area contributed by atoms with Gasteiger partial charge in [0.1, 0.15) is 6.10 Å². The number of hydrogen-bond donors (Lipinski definition) is 0. The molecule has 0 radical (unpaired) electrons. The highest BCUT2D eigenvalue weighted by Gasteiger charge is 2.81. The Labute approximate surface area is 310 Å². The van der Waals surface area contributed by atoms with E-state index in [0.717, 1.165) is 49.4 Å². The quantitative estimate of drug-likeness (QED) is 0.0723. The average Bonchev–Trinajstić information content (AvgIpc) is 3.67. The molecule has 5 aliphatic rings. The molecule has 0 heterocycles. The van der Waals surface area contributed by atoms with Crippen LogP contribution in [0, 0.1) is 57.2 Å². The number of rotatable bonds is 20. The molecule has 0 saturated heterocycles. The molecule has 0 aromatic rings. The van der Waals surface area contributed by atoms with E-state index in [0.29, 0.717) is 39.9 Å². The standard InChI is InChI=1S/C48H80O2/c1-9-10-11-12-13-14-15-16-17-18-19-20-21-22-23-24-44(49)50-42-30-32-47-35-48(47)34-33-45(7)40(38(5)26-25-37(4)36(2)3)29-31-46(45,8)43(48)28-27-41(47)39(42)6/h13-14,16-17,36,38-43H,4,9-12,15,18-35H2,1-3,5-8H3. The lowest BCUT2D eigenvalue weighted by Crippen LogP contribution is -2.56. The molecule has 2 spiro atoms. The molecule has 2 nitrogen and oxygen atoms in total. The van der Waals surface area contributed by atoms with Crippen LogP contribution >= 0.6 is 0 Å². The summed E-state index contributed by atoms with van der Waals surface area (Å²) in [4.78, 5) is 13.0. The van der Waals surface area contributed by atoms with E-state index >= 15 is 0 Å². The third-order valence-corrected chi connectivity index (χ3v) is 16.7. The molecule has 0 aromatic heterocycles. The molecule has 0 bridgehead atoms. The molecule has 0 amide bonds. The number of allylic oxidation sites excluding steroid dienone is 5. The summed E-state index contributed by atoms with van der Waals surface area (Å²) in [5.41, 5.74) is 3.54. The SMILES string of the molecule is C=C(CCC(C)C1CCC2(C)C3CCC4C(C)C(OC(=O)CCCCCCCC=CCC=CCCCCC)CCC45CC35CCC12C)C(C)C. The van der Waals surface area contributed by atoms with E-state index in [1.165, 1.54) is 121 Å². The molecule has 5 aliphatic carbocycles. The monoisotopic (exact) mass is 689 g/mol. The molecular formula is C48H80O2. The molecule has 10 unspecified atom stereocenters. The van der Waals surface area contributed by atoms with Gasteiger partial charge in [0.25, 0.3) is 0 Å². The summed E-state index contributed by atoms with van der Waals surface area (Å²) in [6.45, 7) is 21.8. The van der Waals surface area contributed by atoms with Gasteiger partial charge in [-0.25, -0.2) is 0 Å². The van der Waals surface area contributed by atoms with E-state index in [1.54, 1.807) is 0 Å². The molecule has 5 rings (SSSR count). The van der Waals surface area contributed by atoms with E-state index in [2.05, 4.69) is 79.3 Å². The summed E-state index contributed by atoms with van der Waals surface area (Å²) in [5.74, 6) is 4.52. The Bertz CT molecular complexity index is 1180. The maximum Gasteiger partial charge on any atom is 0.306 e. The molecule has 284 valence electrons. The molecule has 5 fully saturated rings. The lowest BCUT2D eigenvalue weighted by Gasteiger charge is -2.62. The second kappa shape index (κ2) is 17.2. The van der Waals surface area contributed by atoms with Gasteiger partial charge in [-0.3, -0.25) is 4.79 Å². The van der Waals surface area contributed by atoms with Crippen molar-refractivity contribution in [3.05, 3.63) is 36.5 Å². The van der Waals surface area contributed by atoms with Crippen molar-refractivity contribution in [2.75, 3.05) is 0 Å². The Morgan fingerprint density at radius 1 is 0.780 bits per heavy atom. The van der Waals surface area contributed by atoms with Crippen LogP contribution in [0.15, 0.2) is 36.5 Å². The zero-order valence-corrected chi connectivity index (χ0v) is 34.1. The molecule has 5 saturated carbocycles.